The van der Waals surface area contributed by atoms with Gasteiger partial charge >= 0.3 is 6.09 Å². The Bertz CT molecular complexity index is 535. The highest BCUT2D eigenvalue weighted by atomic mass is 16.6. The van der Waals surface area contributed by atoms with E-state index in [2.05, 4.69) is 10.6 Å². The number of amides is 3. The molecule has 0 spiro atoms. The average molecular weight is 353 g/mol. The van der Waals surface area contributed by atoms with Crippen LogP contribution >= 0.6 is 0 Å². The van der Waals surface area contributed by atoms with Crippen LogP contribution < -0.4 is 10.6 Å². The Morgan fingerprint density at radius 1 is 1.04 bits per heavy atom. The number of carbonyl (C=O) groups is 3. The molecule has 1 saturated carbocycles. The van der Waals surface area contributed by atoms with Gasteiger partial charge in [-0.2, -0.15) is 0 Å². The van der Waals surface area contributed by atoms with Gasteiger partial charge in [0.25, 0.3) is 0 Å². The van der Waals surface area contributed by atoms with Crippen LogP contribution in [0.4, 0.5) is 4.79 Å². The number of nitrogens with zero attached hydrogens (tertiary/aromatic N) is 1. The summed E-state index contributed by atoms with van der Waals surface area (Å²) >= 11 is 0. The summed E-state index contributed by atoms with van der Waals surface area (Å²) in [6.07, 6.45) is 3.06. The number of rotatable bonds is 4. The van der Waals surface area contributed by atoms with Crippen molar-refractivity contribution < 1.29 is 19.1 Å². The third kappa shape index (κ3) is 5.90. The van der Waals surface area contributed by atoms with Gasteiger partial charge in [-0.25, -0.2) is 4.79 Å². The van der Waals surface area contributed by atoms with Crippen molar-refractivity contribution in [3.63, 3.8) is 0 Å². The lowest BCUT2D eigenvalue weighted by molar-refractivity contribution is -0.140. The van der Waals surface area contributed by atoms with Gasteiger partial charge in [-0.05, 0) is 60.3 Å². The van der Waals surface area contributed by atoms with Crippen LogP contribution in [0, 0.1) is 5.92 Å². The van der Waals surface area contributed by atoms with E-state index in [0.717, 1.165) is 25.7 Å². The second-order valence-corrected chi connectivity index (χ2v) is 8.63. The van der Waals surface area contributed by atoms with E-state index in [1.54, 1.807) is 39.5 Å². The lowest BCUT2D eigenvalue weighted by atomic mass is 9.94. The highest BCUT2D eigenvalue weighted by Gasteiger charge is 2.38. The Balaban J connectivity index is 1.92. The van der Waals surface area contributed by atoms with Gasteiger partial charge in [-0.1, -0.05) is 0 Å². The third-order valence-electron chi connectivity index (χ3n) is 4.35. The predicted molar refractivity (Wildman–Crippen MR) is 93.9 cm³/mol. The fourth-order valence-electron chi connectivity index (χ4n) is 2.93. The van der Waals surface area contributed by atoms with E-state index in [9.17, 15) is 14.4 Å². The van der Waals surface area contributed by atoms with Crippen molar-refractivity contribution >= 4 is 17.9 Å². The lowest BCUT2D eigenvalue weighted by Gasteiger charge is -2.37. The van der Waals surface area contributed by atoms with Gasteiger partial charge in [0.15, 0.2) is 0 Å². The number of piperidine rings is 1. The number of ether oxygens (including phenoxy) is 1. The van der Waals surface area contributed by atoms with Crippen LogP contribution in [0.2, 0.25) is 0 Å². The van der Waals surface area contributed by atoms with Crippen LogP contribution in [0.5, 0.6) is 0 Å². The maximum absolute atomic E-state index is 12.8. The van der Waals surface area contributed by atoms with E-state index in [4.69, 9.17) is 4.74 Å². The van der Waals surface area contributed by atoms with Crippen molar-refractivity contribution in [1.82, 2.24) is 15.5 Å². The van der Waals surface area contributed by atoms with E-state index in [1.165, 1.54) is 0 Å². The Labute approximate surface area is 149 Å². The third-order valence-corrected chi connectivity index (χ3v) is 4.35. The minimum Gasteiger partial charge on any atom is -0.444 e. The fraction of sp³-hybridized carbons (Fsp3) is 0.833. The zero-order chi connectivity index (χ0) is 18.8. The van der Waals surface area contributed by atoms with Crippen LogP contribution in [0.25, 0.3) is 0 Å². The van der Waals surface area contributed by atoms with Crippen molar-refractivity contribution in [3.8, 4) is 0 Å². The van der Waals surface area contributed by atoms with E-state index in [0.29, 0.717) is 19.1 Å². The molecule has 1 heterocycles. The van der Waals surface area contributed by atoms with Gasteiger partial charge in [-0.3, -0.25) is 9.59 Å². The molecule has 1 saturated heterocycles. The predicted octanol–water partition coefficient (Wildman–Crippen LogP) is 1.81. The molecule has 0 aromatic heterocycles. The molecule has 2 aliphatic rings. The zero-order valence-corrected chi connectivity index (χ0v) is 16.0. The summed E-state index contributed by atoms with van der Waals surface area (Å²) in [5.74, 6) is -0.323. The first-order valence-electron chi connectivity index (χ1n) is 9.09. The first kappa shape index (κ1) is 19.5. The molecule has 7 heteroatoms. The van der Waals surface area contributed by atoms with E-state index in [-0.39, 0.29) is 17.7 Å². The van der Waals surface area contributed by atoms with E-state index < -0.39 is 17.2 Å². The average Bonchev–Trinajstić information content (AvgIpc) is 3.27. The lowest BCUT2D eigenvalue weighted by Crippen LogP contribution is -2.59. The molecule has 142 valence electrons. The minimum atomic E-state index is -1.09. The number of carbonyl (C=O) groups excluding carboxylic acids is 3. The molecule has 1 aliphatic carbocycles. The molecule has 25 heavy (non-hydrogen) atoms. The van der Waals surface area contributed by atoms with Crippen molar-refractivity contribution in [2.45, 2.75) is 77.5 Å². The number of likely N-dealkylation sites (tertiary alicyclic amines) is 1. The largest absolute Gasteiger partial charge is 0.444 e. The van der Waals surface area contributed by atoms with Crippen LogP contribution in [0.3, 0.4) is 0 Å². The van der Waals surface area contributed by atoms with E-state index >= 15 is 0 Å². The molecule has 1 aliphatic heterocycles. The second-order valence-electron chi connectivity index (χ2n) is 8.63. The van der Waals surface area contributed by atoms with Gasteiger partial charge in [0.1, 0.15) is 11.1 Å². The summed E-state index contributed by atoms with van der Waals surface area (Å²) in [5, 5.41) is 5.66. The van der Waals surface area contributed by atoms with Crippen LogP contribution in [0.1, 0.15) is 60.3 Å². The zero-order valence-electron chi connectivity index (χ0n) is 16.0. The topological polar surface area (TPSA) is 87.7 Å². The molecule has 2 rings (SSSR count). The van der Waals surface area contributed by atoms with Gasteiger partial charge in [0, 0.05) is 19.1 Å². The molecule has 3 amide bonds. The first-order valence-corrected chi connectivity index (χ1v) is 9.09. The standard InChI is InChI=1S/C18H31N3O4/c1-17(2,3)25-16(24)20-18(4,5)15(23)21-10-6-7-12(11-21)14(22)19-13-8-9-13/h12-13H,6-11H2,1-5H3,(H,19,22)(H,20,24)/t12-/m1/s1. The summed E-state index contributed by atoms with van der Waals surface area (Å²) < 4.78 is 5.24. The van der Waals surface area contributed by atoms with Crippen LogP contribution in [-0.2, 0) is 14.3 Å². The number of nitrogens with one attached hydrogen (secondary N) is 2. The van der Waals surface area contributed by atoms with Crippen LogP contribution in [0.15, 0.2) is 0 Å². The SMILES string of the molecule is CC(C)(C)OC(=O)NC(C)(C)C(=O)N1CCC[C@@H](C(=O)NC2CC2)C1. The smallest absolute Gasteiger partial charge is 0.408 e. The maximum Gasteiger partial charge on any atom is 0.408 e. The van der Waals surface area contributed by atoms with Gasteiger partial charge in [0.2, 0.25) is 11.8 Å². The Morgan fingerprint density at radius 3 is 2.24 bits per heavy atom. The normalized spacial score (nSPS) is 21.5. The van der Waals surface area contributed by atoms with Gasteiger partial charge in [-0.15, -0.1) is 0 Å². The Hall–Kier alpha value is -1.79. The number of hydrogen-bond donors (Lipinski definition) is 2. The summed E-state index contributed by atoms with van der Waals surface area (Å²) in [6, 6.07) is 0.323. The molecular weight excluding hydrogens is 322 g/mol. The van der Waals surface area contributed by atoms with Gasteiger partial charge in [0.05, 0.1) is 5.92 Å². The molecule has 0 aromatic carbocycles. The van der Waals surface area contributed by atoms with E-state index in [1.807, 2.05) is 0 Å². The highest BCUT2D eigenvalue weighted by molar-refractivity contribution is 5.90. The number of hydrogen-bond acceptors (Lipinski definition) is 4. The molecule has 2 N–H and O–H groups in total. The maximum atomic E-state index is 12.8. The quantitative estimate of drug-likeness (QED) is 0.807. The summed E-state index contributed by atoms with van der Waals surface area (Å²) in [7, 11) is 0. The van der Waals surface area contributed by atoms with Crippen molar-refractivity contribution in [2.75, 3.05) is 13.1 Å². The molecule has 0 radical (unpaired) electrons. The highest BCUT2D eigenvalue weighted by Crippen LogP contribution is 2.23. The van der Waals surface area contributed by atoms with Crippen molar-refractivity contribution in [3.05, 3.63) is 0 Å². The molecular formula is C18H31N3O4. The number of alkyl carbamates (subject to hydrolysis) is 1. The molecule has 0 aromatic rings. The molecule has 7 nitrogen and oxygen atoms in total. The molecule has 1 atom stereocenters. The fourth-order valence-corrected chi connectivity index (χ4v) is 2.93. The first-order chi connectivity index (χ1) is 11.5. The minimum absolute atomic E-state index is 0.0397. The van der Waals surface area contributed by atoms with Crippen molar-refractivity contribution in [2.24, 2.45) is 5.92 Å². The summed E-state index contributed by atoms with van der Waals surface area (Å²) in [4.78, 5) is 38.8. The molecule has 0 unspecified atom stereocenters. The van der Waals surface area contributed by atoms with Gasteiger partial charge < -0.3 is 20.3 Å². The second kappa shape index (κ2) is 7.22. The summed E-state index contributed by atoms with van der Waals surface area (Å²) in [5.41, 5.74) is -1.71. The van der Waals surface area contributed by atoms with Crippen LogP contribution in [-0.4, -0.2) is 53.1 Å². The van der Waals surface area contributed by atoms with Crippen molar-refractivity contribution in [1.29, 1.82) is 0 Å². The summed E-state index contributed by atoms with van der Waals surface area (Å²) in [6.45, 7) is 9.64. The molecule has 2 fully saturated rings. The Morgan fingerprint density at radius 2 is 1.68 bits per heavy atom. The Kier molecular flexibility index (Phi) is 5.64. The molecule has 0 bridgehead atoms. The monoisotopic (exact) mass is 353 g/mol.